The van der Waals surface area contributed by atoms with Gasteiger partial charge in [0.15, 0.2) is 12.7 Å². The number of fused-ring (bicyclic) bond motifs is 1. The van der Waals surface area contributed by atoms with E-state index in [1.54, 1.807) is 19.2 Å². The number of anilines is 1. The molecule has 1 aromatic carbocycles. The van der Waals surface area contributed by atoms with Crippen LogP contribution >= 0.6 is 0 Å². The summed E-state index contributed by atoms with van der Waals surface area (Å²) in [5, 5.41) is 11.2. The highest BCUT2D eigenvalue weighted by molar-refractivity contribution is 5.95. The molecule has 0 unspecified atom stereocenters. The third-order valence-electron chi connectivity index (χ3n) is 2.86. The maximum absolute atomic E-state index is 11.2. The summed E-state index contributed by atoms with van der Waals surface area (Å²) >= 11 is 0. The van der Waals surface area contributed by atoms with Crippen molar-refractivity contribution in [1.82, 2.24) is 4.90 Å². The number of hydrogen-bond acceptors (Lipinski definition) is 4. The first-order chi connectivity index (χ1) is 9.10. The third-order valence-corrected chi connectivity index (χ3v) is 2.86. The van der Waals surface area contributed by atoms with E-state index in [9.17, 15) is 9.59 Å². The molecule has 0 fully saturated rings. The van der Waals surface area contributed by atoms with Crippen molar-refractivity contribution in [2.45, 2.75) is 6.42 Å². The van der Waals surface area contributed by atoms with Crippen LogP contribution in [-0.4, -0.2) is 36.9 Å². The first kappa shape index (κ1) is 12.9. The van der Waals surface area contributed by atoms with Crippen LogP contribution in [0.2, 0.25) is 0 Å². The summed E-state index contributed by atoms with van der Waals surface area (Å²) in [7, 11) is 1.58. The van der Waals surface area contributed by atoms with Gasteiger partial charge in [0.1, 0.15) is 5.75 Å². The van der Waals surface area contributed by atoms with Crippen LogP contribution in [-0.2, 0) is 16.0 Å². The summed E-state index contributed by atoms with van der Waals surface area (Å²) in [6.07, 6.45) is 0.604. The monoisotopic (exact) mass is 259 g/mol. The highest BCUT2D eigenvalue weighted by Gasteiger charge is 2.16. The summed E-state index contributed by atoms with van der Waals surface area (Å²) < 4.78 is 5.25. The average molecular weight is 259 g/mol. The van der Waals surface area contributed by atoms with Gasteiger partial charge in [0.25, 0.3) is 5.91 Å². The largest absolute Gasteiger partial charge is 0.482 e. The van der Waals surface area contributed by atoms with E-state index in [4.69, 9.17) is 10.00 Å². The maximum atomic E-state index is 11.2. The number of rotatable bonds is 3. The Labute approximate surface area is 110 Å². The van der Waals surface area contributed by atoms with Gasteiger partial charge in [0.2, 0.25) is 0 Å². The molecule has 0 radical (unpaired) electrons. The second kappa shape index (κ2) is 5.40. The van der Waals surface area contributed by atoms with E-state index in [-0.39, 0.29) is 12.5 Å². The van der Waals surface area contributed by atoms with Gasteiger partial charge < -0.3 is 15.0 Å². The molecule has 0 bridgehead atoms. The predicted octanol–water partition coefficient (Wildman–Crippen LogP) is 0.542. The summed E-state index contributed by atoms with van der Waals surface area (Å²) in [6, 6.07) is 7.05. The highest BCUT2D eigenvalue weighted by Crippen LogP contribution is 2.28. The van der Waals surface area contributed by atoms with Crippen LogP contribution in [0.5, 0.6) is 5.75 Å². The quantitative estimate of drug-likeness (QED) is 0.803. The van der Waals surface area contributed by atoms with E-state index < -0.39 is 5.91 Å². The van der Waals surface area contributed by atoms with Gasteiger partial charge in [0, 0.05) is 13.6 Å². The molecule has 98 valence electrons. The number of likely N-dealkylation sites (N-methyl/N-ethyl adjacent to an activating group) is 1. The summed E-state index contributed by atoms with van der Waals surface area (Å²) in [5.74, 6) is -0.0965. The van der Waals surface area contributed by atoms with Crippen molar-refractivity contribution >= 4 is 17.5 Å². The van der Waals surface area contributed by atoms with Gasteiger partial charge in [-0.1, -0.05) is 6.07 Å². The molecule has 6 heteroatoms. The molecular weight excluding hydrogens is 246 g/mol. The second-order valence-electron chi connectivity index (χ2n) is 4.26. The molecule has 0 aromatic heterocycles. The van der Waals surface area contributed by atoms with E-state index >= 15 is 0 Å². The number of nitriles is 1. The van der Waals surface area contributed by atoms with Gasteiger partial charge >= 0.3 is 5.91 Å². The average Bonchev–Trinajstić information content (AvgIpc) is 2.43. The Morgan fingerprint density at radius 3 is 3.11 bits per heavy atom. The van der Waals surface area contributed by atoms with Crippen LogP contribution in [0.25, 0.3) is 0 Å². The SMILES string of the molecule is CN(CCc1ccc2c(c1)NC(=O)CO2)C(=O)C#N. The van der Waals surface area contributed by atoms with Gasteiger partial charge in [-0.05, 0) is 24.1 Å². The Kier molecular flexibility index (Phi) is 3.66. The topological polar surface area (TPSA) is 82.4 Å². The minimum Gasteiger partial charge on any atom is -0.482 e. The van der Waals surface area contributed by atoms with Gasteiger partial charge in [-0.25, -0.2) is 0 Å². The molecule has 2 rings (SSSR count). The van der Waals surface area contributed by atoms with E-state index in [0.29, 0.717) is 24.4 Å². The van der Waals surface area contributed by atoms with Crippen LogP contribution in [0.4, 0.5) is 5.69 Å². The Morgan fingerprint density at radius 2 is 2.37 bits per heavy atom. The predicted molar refractivity (Wildman–Crippen MR) is 67.5 cm³/mol. The minimum absolute atomic E-state index is 0.0335. The van der Waals surface area contributed by atoms with E-state index in [1.807, 2.05) is 12.1 Å². The minimum atomic E-state index is -0.561. The van der Waals surface area contributed by atoms with Gasteiger partial charge in [-0.15, -0.1) is 0 Å². The molecule has 0 saturated carbocycles. The molecule has 0 spiro atoms. The van der Waals surface area contributed by atoms with Crippen molar-refractivity contribution in [3.63, 3.8) is 0 Å². The maximum Gasteiger partial charge on any atom is 0.324 e. The zero-order valence-corrected chi connectivity index (χ0v) is 10.5. The third kappa shape index (κ3) is 3.01. The summed E-state index contributed by atoms with van der Waals surface area (Å²) in [4.78, 5) is 23.7. The molecule has 6 nitrogen and oxygen atoms in total. The number of amides is 2. The lowest BCUT2D eigenvalue weighted by Gasteiger charge is -2.19. The fourth-order valence-corrected chi connectivity index (χ4v) is 1.77. The number of carbonyl (C=O) groups is 2. The number of hydrogen-bond donors (Lipinski definition) is 1. The van der Waals surface area contributed by atoms with E-state index in [2.05, 4.69) is 5.32 Å². The Balaban J connectivity index is 2.03. The van der Waals surface area contributed by atoms with Gasteiger partial charge in [-0.2, -0.15) is 5.26 Å². The van der Waals surface area contributed by atoms with Gasteiger partial charge in [-0.3, -0.25) is 9.59 Å². The van der Waals surface area contributed by atoms with Crippen molar-refractivity contribution in [1.29, 1.82) is 5.26 Å². The summed E-state index contributed by atoms with van der Waals surface area (Å²) in [5.41, 5.74) is 1.60. The number of nitrogens with one attached hydrogen (secondary N) is 1. The molecular formula is C13H13N3O3. The normalized spacial score (nSPS) is 12.7. The van der Waals surface area contributed by atoms with Crippen molar-refractivity contribution in [3.8, 4) is 11.8 Å². The fourth-order valence-electron chi connectivity index (χ4n) is 1.77. The van der Waals surface area contributed by atoms with Crippen LogP contribution in [0, 0.1) is 11.3 Å². The van der Waals surface area contributed by atoms with Crippen LogP contribution in [0.3, 0.4) is 0 Å². The number of carbonyl (C=O) groups excluding carboxylic acids is 2. The fraction of sp³-hybridized carbons (Fsp3) is 0.308. The summed E-state index contributed by atoms with van der Waals surface area (Å²) in [6.45, 7) is 0.478. The molecule has 1 aromatic rings. The van der Waals surface area contributed by atoms with Crippen molar-refractivity contribution in [2.24, 2.45) is 0 Å². The lowest BCUT2D eigenvalue weighted by Crippen LogP contribution is -2.27. The molecule has 19 heavy (non-hydrogen) atoms. The van der Waals surface area contributed by atoms with E-state index in [0.717, 1.165) is 5.56 Å². The Bertz CT molecular complexity index is 563. The van der Waals surface area contributed by atoms with Crippen LogP contribution in [0.1, 0.15) is 5.56 Å². The lowest BCUT2D eigenvalue weighted by atomic mass is 10.1. The van der Waals surface area contributed by atoms with Crippen molar-refractivity contribution in [2.75, 3.05) is 25.5 Å². The number of benzene rings is 1. The standard InChI is InChI=1S/C13H13N3O3/c1-16(13(18)7-14)5-4-9-2-3-11-10(6-9)15-12(17)8-19-11/h2-3,6H,4-5,8H2,1H3,(H,15,17). The zero-order chi connectivity index (χ0) is 13.8. The lowest BCUT2D eigenvalue weighted by molar-refractivity contribution is -0.124. The van der Waals surface area contributed by atoms with Gasteiger partial charge in [0.05, 0.1) is 5.69 Å². The molecule has 2 amide bonds. The van der Waals surface area contributed by atoms with Crippen molar-refractivity contribution < 1.29 is 14.3 Å². The first-order valence-electron chi connectivity index (χ1n) is 5.81. The molecule has 1 aliphatic rings. The smallest absolute Gasteiger partial charge is 0.324 e. The zero-order valence-electron chi connectivity index (χ0n) is 10.5. The van der Waals surface area contributed by atoms with Crippen LogP contribution < -0.4 is 10.1 Å². The molecule has 0 atom stereocenters. The molecule has 1 aliphatic heterocycles. The Hall–Kier alpha value is -2.55. The van der Waals surface area contributed by atoms with Crippen LogP contribution in [0.15, 0.2) is 18.2 Å². The number of nitrogens with zero attached hydrogens (tertiary/aromatic N) is 2. The molecule has 0 aliphatic carbocycles. The van der Waals surface area contributed by atoms with E-state index in [1.165, 1.54) is 4.90 Å². The molecule has 1 heterocycles. The van der Waals surface area contributed by atoms with Crippen molar-refractivity contribution in [3.05, 3.63) is 23.8 Å². The molecule has 1 N–H and O–H groups in total. The second-order valence-corrected chi connectivity index (χ2v) is 4.26. The highest BCUT2D eigenvalue weighted by atomic mass is 16.5. The first-order valence-corrected chi connectivity index (χ1v) is 5.81. The Morgan fingerprint density at radius 1 is 1.58 bits per heavy atom. The number of ether oxygens (including phenoxy) is 1. The molecule has 0 saturated heterocycles.